The van der Waals surface area contributed by atoms with E-state index in [2.05, 4.69) is 31.0 Å². The number of unbranched alkanes of at least 4 members (excludes halogenated alkanes) is 1. The molecule has 0 aromatic carbocycles. The third kappa shape index (κ3) is 7.59. The molecule has 0 amide bonds. The van der Waals surface area contributed by atoms with Gasteiger partial charge in [-0.15, -0.1) is 0 Å². The second-order valence-electron chi connectivity index (χ2n) is 7.03. The lowest BCUT2D eigenvalue weighted by Crippen LogP contribution is -2.50. The highest BCUT2D eigenvalue weighted by Gasteiger charge is 2.34. The van der Waals surface area contributed by atoms with Gasteiger partial charge < -0.3 is 20.1 Å². The quantitative estimate of drug-likeness (QED) is 0.613. The summed E-state index contributed by atoms with van der Waals surface area (Å²) < 4.78 is 5.80. The van der Waals surface area contributed by atoms with E-state index in [9.17, 15) is 5.11 Å². The van der Waals surface area contributed by atoms with E-state index in [0.717, 1.165) is 52.4 Å². The van der Waals surface area contributed by atoms with Crippen molar-refractivity contribution in [3.8, 4) is 0 Å². The predicted octanol–water partition coefficient (Wildman–Crippen LogP) is 2.12. The minimum atomic E-state index is 0.218. The Morgan fingerprint density at radius 2 is 2.14 bits per heavy atom. The summed E-state index contributed by atoms with van der Waals surface area (Å²) in [5.74, 6) is 0.681. The number of nitrogens with zero attached hydrogens (tertiary/aromatic N) is 1. The normalized spacial score (nSPS) is 23.1. The molecule has 1 aliphatic rings. The highest BCUT2D eigenvalue weighted by atomic mass is 16.5. The van der Waals surface area contributed by atoms with Crippen LogP contribution in [0.3, 0.4) is 0 Å². The van der Waals surface area contributed by atoms with Crippen LogP contribution in [0, 0.1) is 11.3 Å². The number of hydrogen-bond acceptors (Lipinski definition) is 4. The van der Waals surface area contributed by atoms with Crippen LogP contribution in [0.1, 0.15) is 46.5 Å². The lowest BCUT2D eigenvalue weighted by atomic mass is 9.81. The average molecular weight is 300 g/mol. The van der Waals surface area contributed by atoms with Crippen molar-refractivity contribution in [2.24, 2.45) is 11.3 Å². The monoisotopic (exact) mass is 300 g/mol. The summed E-state index contributed by atoms with van der Waals surface area (Å²) in [5.41, 5.74) is 0.218. The van der Waals surface area contributed by atoms with Gasteiger partial charge in [0.25, 0.3) is 0 Å². The fourth-order valence-electron chi connectivity index (χ4n) is 3.12. The van der Waals surface area contributed by atoms with Crippen molar-refractivity contribution in [1.82, 2.24) is 10.2 Å². The molecule has 126 valence electrons. The van der Waals surface area contributed by atoms with E-state index < -0.39 is 0 Å². The van der Waals surface area contributed by atoms with Gasteiger partial charge in [-0.25, -0.2) is 0 Å². The molecule has 21 heavy (non-hydrogen) atoms. The van der Waals surface area contributed by atoms with E-state index in [1.807, 2.05) is 0 Å². The first-order valence-corrected chi connectivity index (χ1v) is 8.73. The minimum Gasteiger partial charge on any atom is -0.395 e. The molecule has 0 radical (unpaired) electrons. The molecule has 2 N–H and O–H groups in total. The number of hydrogen-bond donors (Lipinski definition) is 2. The van der Waals surface area contributed by atoms with E-state index in [4.69, 9.17) is 4.74 Å². The third-order valence-corrected chi connectivity index (χ3v) is 4.26. The molecule has 1 heterocycles. The Hall–Kier alpha value is -0.160. The van der Waals surface area contributed by atoms with Crippen LogP contribution in [0.2, 0.25) is 0 Å². The van der Waals surface area contributed by atoms with Crippen molar-refractivity contribution in [2.45, 2.75) is 46.5 Å². The minimum absolute atomic E-state index is 0.218. The molecule has 0 aromatic rings. The van der Waals surface area contributed by atoms with Crippen LogP contribution < -0.4 is 5.32 Å². The van der Waals surface area contributed by atoms with Crippen LogP contribution in [0.5, 0.6) is 0 Å². The molecular weight excluding hydrogens is 264 g/mol. The Kier molecular flexibility index (Phi) is 9.49. The fourth-order valence-corrected chi connectivity index (χ4v) is 3.12. The maximum absolute atomic E-state index is 9.31. The Morgan fingerprint density at radius 1 is 1.33 bits per heavy atom. The SMILES string of the molecule is CCCCN(CCO)CC1(CNCC(C)C)CCCOC1. The van der Waals surface area contributed by atoms with Gasteiger partial charge >= 0.3 is 0 Å². The fraction of sp³-hybridized carbons (Fsp3) is 1.00. The number of rotatable bonds is 11. The molecule has 1 rings (SSSR count). The summed E-state index contributed by atoms with van der Waals surface area (Å²) in [6.07, 6.45) is 4.80. The zero-order valence-corrected chi connectivity index (χ0v) is 14.4. The highest BCUT2D eigenvalue weighted by molar-refractivity contribution is 4.87. The first kappa shape index (κ1) is 18.9. The van der Waals surface area contributed by atoms with E-state index in [1.165, 1.54) is 19.3 Å². The van der Waals surface area contributed by atoms with Gasteiger partial charge in [0.05, 0.1) is 13.2 Å². The first-order chi connectivity index (χ1) is 10.1. The van der Waals surface area contributed by atoms with Gasteiger partial charge in [-0.2, -0.15) is 0 Å². The molecule has 4 heteroatoms. The maximum Gasteiger partial charge on any atom is 0.0558 e. The number of ether oxygens (including phenoxy) is 1. The van der Waals surface area contributed by atoms with Crippen LogP contribution in [0.4, 0.5) is 0 Å². The first-order valence-electron chi connectivity index (χ1n) is 8.73. The van der Waals surface area contributed by atoms with Gasteiger partial charge in [0.2, 0.25) is 0 Å². The summed E-state index contributed by atoms with van der Waals surface area (Å²) in [7, 11) is 0. The molecule has 1 aliphatic heterocycles. The van der Waals surface area contributed by atoms with Crippen LogP contribution in [-0.4, -0.2) is 62.6 Å². The predicted molar refractivity (Wildman–Crippen MR) is 88.6 cm³/mol. The van der Waals surface area contributed by atoms with E-state index in [1.54, 1.807) is 0 Å². The molecule has 1 unspecified atom stereocenters. The molecule has 1 saturated heterocycles. The molecule has 0 bridgehead atoms. The second-order valence-corrected chi connectivity index (χ2v) is 7.03. The van der Waals surface area contributed by atoms with Gasteiger partial charge in [0.15, 0.2) is 0 Å². The summed E-state index contributed by atoms with van der Waals surface area (Å²) in [4.78, 5) is 2.43. The van der Waals surface area contributed by atoms with E-state index in [-0.39, 0.29) is 12.0 Å². The van der Waals surface area contributed by atoms with Crippen molar-refractivity contribution in [3.05, 3.63) is 0 Å². The van der Waals surface area contributed by atoms with Crippen LogP contribution in [0.25, 0.3) is 0 Å². The number of aliphatic hydroxyl groups is 1. The summed E-state index contributed by atoms with van der Waals surface area (Å²) in [5, 5.41) is 12.9. The standard InChI is InChI=1S/C17H36N2O2/c1-4-5-8-19(9-10-20)14-17(7-6-11-21-15-17)13-18-12-16(2)3/h16,18,20H,4-15H2,1-3H3. The van der Waals surface area contributed by atoms with Crippen molar-refractivity contribution < 1.29 is 9.84 Å². The van der Waals surface area contributed by atoms with Crippen LogP contribution in [0.15, 0.2) is 0 Å². The topological polar surface area (TPSA) is 44.7 Å². The zero-order chi connectivity index (χ0) is 15.6. The Morgan fingerprint density at radius 3 is 2.71 bits per heavy atom. The Balaban J connectivity index is 2.56. The van der Waals surface area contributed by atoms with E-state index >= 15 is 0 Å². The summed E-state index contributed by atoms with van der Waals surface area (Å²) in [6.45, 7) is 13.7. The van der Waals surface area contributed by atoms with Gasteiger partial charge in [0, 0.05) is 31.7 Å². The maximum atomic E-state index is 9.31. The van der Waals surface area contributed by atoms with E-state index in [0.29, 0.717) is 5.92 Å². The lowest BCUT2D eigenvalue weighted by molar-refractivity contribution is -0.0284. The Bertz CT molecular complexity index is 253. The summed E-state index contributed by atoms with van der Waals surface area (Å²) >= 11 is 0. The van der Waals surface area contributed by atoms with Gasteiger partial charge in [0.1, 0.15) is 0 Å². The average Bonchev–Trinajstić information content (AvgIpc) is 2.45. The molecule has 1 atom stereocenters. The van der Waals surface area contributed by atoms with Crippen molar-refractivity contribution in [3.63, 3.8) is 0 Å². The largest absolute Gasteiger partial charge is 0.395 e. The van der Waals surface area contributed by atoms with Gasteiger partial charge in [-0.05, 0) is 38.3 Å². The smallest absolute Gasteiger partial charge is 0.0558 e. The van der Waals surface area contributed by atoms with Crippen LogP contribution in [-0.2, 0) is 4.74 Å². The molecule has 1 fully saturated rings. The van der Waals surface area contributed by atoms with Crippen LogP contribution >= 0.6 is 0 Å². The van der Waals surface area contributed by atoms with Gasteiger partial charge in [-0.3, -0.25) is 0 Å². The molecule has 0 aliphatic carbocycles. The van der Waals surface area contributed by atoms with Crippen molar-refractivity contribution in [2.75, 3.05) is 52.5 Å². The molecule has 0 spiro atoms. The molecule has 4 nitrogen and oxygen atoms in total. The van der Waals surface area contributed by atoms with Gasteiger partial charge in [-0.1, -0.05) is 27.2 Å². The third-order valence-electron chi connectivity index (χ3n) is 4.26. The number of aliphatic hydroxyl groups excluding tert-OH is 1. The van der Waals surface area contributed by atoms with Crippen molar-refractivity contribution in [1.29, 1.82) is 0 Å². The Labute approximate surface area is 131 Å². The molecule has 0 saturated carbocycles. The molecule has 0 aromatic heterocycles. The molecular formula is C17H36N2O2. The second kappa shape index (κ2) is 10.5. The lowest BCUT2D eigenvalue weighted by Gasteiger charge is -2.41. The van der Waals surface area contributed by atoms with Crippen molar-refractivity contribution >= 4 is 0 Å². The zero-order valence-electron chi connectivity index (χ0n) is 14.4. The summed E-state index contributed by atoms with van der Waals surface area (Å²) in [6, 6.07) is 0. The number of nitrogens with one attached hydrogen (secondary N) is 1. The highest BCUT2D eigenvalue weighted by Crippen LogP contribution is 2.29.